The van der Waals surface area contributed by atoms with Crippen molar-refractivity contribution in [2.24, 2.45) is 0 Å². The minimum atomic E-state index is 0.592. The van der Waals surface area contributed by atoms with E-state index in [2.05, 4.69) is 108 Å². The van der Waals surface area contributed by atoms with Crippen LogP contribution in [0.3, 0.4) is 0 Å². The fourth-order valence-corrected chi connectivity index (χ4v) is 4.98. The molecule has 0 amide bonds. The summed E-state index contributed by atoms with van der Waals surface area (Å²) in [6, 6.07) is 36.2. The van der Waals surface area contributed by atoms with Crippen LogP contribution in [-0.2, 0) is 6.42 Å². The Labute approximate surface area is 249 Å². The molecule has 1 aromatic heterocycles. The van der Waals surface area contributed by atoms with Crippen molar-refractivity contribution >= 4 is 16.9 Å². The van der Waals surface area contributed by atoms with Crippen molar-refractivity contribution in [3.05, 3.63) is 151 Å². The van der Waals surface area contributed by atoms with Gasteiger partial charge in [-0.2, -0.15) is 0 Å². The first-order chi connectivity index (χ1) is 20.6. The van der Waals surface area contributed by atoms with Crippen molar-refractivity contribution in [1.82, 2.24) is 9.97 Å². The lowest BCUT2D eigenvalue weighted by molar-refractivity contribution is 0.963. The van der Waals surface area contributed by atoms with Crippen LogP contribution in [0.4, 0.5) is 11.4 Å². The number of nitrogens with zero attached hydrogens (tertiary/aromatic N) is 2. The molecule has 0 aliphatic heterocycles. The molecule has 4 nitrogen and oxygen atoms in total. The van der Waals surface area contributed by atoms with Gasteiger partial charge in [0.2, 0.25) is 0 Å². The van der Waals surface area contributed by atoms with Gasteiger partial charge in [0.15, 0.2) is 0 Å². The van der Waals surface area contributed by atoms with Crippen LogP contribution in [0.15, 0.2) is 134 Å². The third-order valence-electron chi connectivity index (χ3n) is 7.15. The van der Waals surface area contributed by atoms with Gasteiger partial charge < -0.3 is 10.6 Å². The first-order valence-electron chi connectivity index (χ1n) is 14.2. The molecule has 2 N–H and O–H groups in total. The third-order valence-corrected chi connectivity index (χ3v) is 7.15. The molecule has 1 heterocycles. The summed E-state index contributed by atoms with van der Waals surface area (Å²) in [6.07, 6.45) is 8.46. The molecule has 0 saturated heterocycles. The highest BCUT2D eigenvalue weighted by Crippen LogP contribution is 2.31. The molecule has 0 aliphatic carbocycles. The molecule has 0 aliphatic rings. The quantitative estimate of drug-likeness (QED) is 0.171. The summed E-state index contributed by atoms with van der Waals surface area (Å²) < 4.78 is 0. The van der Waals surface area contributed by atoms with Gasteiger partial charge in [-0.1, -0.05) is 97.6 Å². The zero-order chi connectivity index (χ0) is 29.3. The monoisotopic (exact) mass is 548 g/mol. The third kappa shape index (κ3) is 6.73. The summed E-state index contributed by atoms with van der Waals surface area (Å²) in [6.45, 7) is 5.93. The molecule has 0 radical (unpaired) electrons. The Kier molecular flexibility index (Phi) is 9.05. The van der Waals surface area contributed by atoms with Crippen molar-refractivity contribution in [1.29, 1.82) is 0 Å². The number of hydrogen-bond donors (Lipinski definition) is 2. The van der Waals surface area contributed by atoms with Gasteiger partial charge in [-0.3, -0.25) is 0 Å². The number of benzene rings is 4. The van der Waals surface area contributed by atoms with E-state index >= 15 is 0 Å². The Morgan fingerprint density at radius 3 is 1.81 bits per heavy atom. The zero-order valence-electron chi connectivity index (χ0n) is 24.4. The lowest BCUT2D eigenvalue weighted by Crippen LogP contribution is -2.03. The molecule has 0 spiro atoms. The summed E-state index contributed by atoms with van der Waals surface area (Å²) in [4.78, 5) is 10.1. The van der Waals surface area contributed by atoms with Crippen LogP contribution in [0.25, 0.3) is 39.1 Å². The van der Waals surface area contributed by atoms with E-state index < -0.39 is 0 Å². The molecule has 4 aromatic carbocycles. The molecule has 0 atom stereocenters. The Hall–Kier alpha value is -5.22. The van der Waals surface area contributed by atoms with E-state index in [1.165, 1.54) is 0 Å². The lowest BCUT2D eigenvalue weighted by Gasteiger charge is -2.13. The minimum absolute atomic E-state index is 0.592. The summed E-state index contributed by atoms with van der Waals surface area (Å²) in [5, 5.41) is 6.42. The van der Waals surface area contributed by atoms with E-state index in [0.29, 0.717) is 6.42 Å². The van der Waals surface area contributed by atoms with Crippen LogP contribution in [0.1, 0.15) is 24.0 Å². The van der Waals surface area contributed by atoms with Crippen molar-refractivity contribution in [2.45, 2.75) is 13.3 Å². The van der Waals surface area contributed by atoms with Gasteiger partial charge in [0.05, 0.1) is 11.4 Å². The highest BCUT2D eigenvalue weighted by molar-refractivity contribution is 5.77. The van der Waals surface area contributed by atoms with Crippen LogP contribution in [-0.4, -0.2) is 24.1 Å². The number of allylic oxidation sites excluding steroid dienone is 5. The van der Waals surface area contributed by atoms with Crippen molar-refractivity contribution in [3.8, 4) is 33.5 Å². The molecule has 4 heteroatoms. The Morgan fingerprint density at radius 1 is 0.690 bits per heavy atom. The van der Waals surface area contributed by atoms with Gasteiger partial charge in [0, 0.05) is 37.5 Å². The predicted octanol–water partition coefficient (Wildman–Crippen LogP) is 9.30. The Balaban J connectivity index is 1.63. The lowest BCUT2D eigenvalue weighted by atomic mass is 9.94. The van der Waals surface area contributed by atoms with Crippen molar-refractivity contribution in [2.75, 3.05) is 24.7 Å². The maximum atomic E-state index is 5.05. The van der Waals surface area contributed by atoms with E-state index in [1.807, 2.05) is 51.4 Å². The van der Waals surface area contributed by atoms with Gasteiger partial charge in [-0.15, -0.1) is 0 Å². The normalized spacial score (nSPS) is 11.5. The first-order valence-corrected chi connectivity index (χ1v) is 14.2. The average Bonchev–Trinajstić information content (AvgIpc) is 3.05. The Morgan fingerprint density at radius 2 is 1.29 bits per heavy atom. The van der Waals surface area contributed by atoms with Crippen molar-refractivity contribution in [3.63, 3.8) is 0 Å². The number of rotatable bonds is 10. The summed E-state index contributed by atoms with van der Waals surface area (Å²) in [5.74, 6) is 0.769. The van der Waals surface area contributed by atoms with Crippen LogP contribution < -0.4 is 10.6 Å². The molecule has 5 aromatic rings. The second-order valence-electron chi connectivity index (χ2n) is 10.0. The van der Waals surface area contributed by atoms with Crippen LogP contribution in [0, 0.1) is 0 Å². The average molecular weight is 549 g/mol. The summed E-state index contributed by atoms with van der Waals surface area (Å²) in [5.41, 5.74) is 11.8. The molecule has 0 bridgehead atoms. The summed E-state index contributed by atoms with van der Waals surface area (Å²) >= 11 is 0. The van der Waals surface area contributed by atoms with Gasteiger partial charge in [-0.05, 0) is 76.7 Å². The maximum absolute atomic E-state index is 5.05. The van der Waals surface area contributed by atoms with E-state index in [-0.39, 0.29) is 0 Å². The topological polar surface area (TPSA) is 49.8 Å². The second kappa shape index (κ2) is 13.4. The first kappa shape index (κ1) is 28.3. The highest BCUT2D eigenvalue weighted by Gasteiger charge is 2.12. The van der Waals surface area contributed by atoms with E-state index in [1.54, 1.807) is 6.08 Å². The number of anilines is 2. The largest absolute Gasteiger partial charge is 0.388 e. The van der Waals surface area contributed by atoms with Gasteiger partial charge >= 0.3 is 0 Å². The fraction of sp³-hybridized carbons (Fsp3) is 0.105. The number of hydrogen-bond acceptors (Lipinski definition) is 4. The molecule has 42 heavy (non-hydrogen) atoms. The molecule has 0 fully saturated rings. The zero-order valence-corrected chi connectivity index (χ0v) is 24.4. The van der Waals surface area contributed by atoms with E-state index in [9.17, 15) is 0 Å². The molecular formula is C38H36N4. The van der Waals surface area contributed by atoms with Gasteiger partial charge in [0.25, 0.3) is 0 Å². The SMILES string of the molecule is C=C/C=C(\C=C/C)c1cc(-c2ccccc2)nc(Cc2cc(-c3ccc(NC)cc3)cc(-c3ccc(NC)cc3)c2)n1. The van der Waals surface area contributed by atoms with Gasteiger partial charge in [-0.25, -0.2) is 9.97 Å². The number of nitrogens with one attached hydrogen (secondary N) is 2. The van der Waals surface area contributed by atoms with E-state index in [0.717, 1.165) is 67.5 Å². The van der Waals surface area contributed by atoms with Gasteiger partial charge in [0.1, 0.15) is 5.82 Å². The molecular weight excluding hydrogens is 512 g/mol. The number of aromatic nitrogens is 2. The highest BCUT2D eigenvalue weighted by atomic mass is 14.9. The predicted molar refractivity (Wildman–Crippen MR) is 180 cm³/mol. The minimum Gasteiger partial charge on any atom is -0.388 e. The van der Waals surface area contributed by atoms with Crippen molar-refractivity contribution < 1.29 is 0 Å². The van der Waals surface area contributed by atoms with Crippen LogP contribution in [0.5, 0.6) is 0 Å². The Bertz CT molecular complexity index is 1650. The smallest absolute Gasteiger partial charge is 0.134 e. The molecule has 0 unspecified atom stereocenters. The van der Waals surface area contributed by atoms with Crippen LogP contribution in [0.2, 0.25) is 0 Å². The van der Waals surface area contributed by atoms with Crippen LogP contribution >= 0.6 is 0 Å². The molecule has 5 rings (SSSR count). The molecule has 0 saturated carbocycles. The molecule has 208 valence electrons. The maximum Gasteiger partial charge on any atom is 0.134 e. The van der Waals surface area contributed by atoms with E-state index in [4.69, 9.17) is 9.97 Å². The summed E-state index contributed by atoms with van der Waals surface area (Å²) in [7, 11) is 3.87. The second-order valence-corrected chi connectivity index (χ2v) is 10.0. The fourth-order valence-electron chi connectivity index (χ4n) is 4.98. The standard InChI is InChI=1S/C38H36N4/c1-5-10-30(11-6-2)36-26-37(31-12-8-7-9-13-31)42-38(41-36)24-27-22-32(28-14-18-34(39-3)19-15-28)25-33(23-27)29-16-20-35(40-4)21-17-29/h5-23,25-26,39-40H,1,24H2,2-4H3/b11-6-,30-10+.